The molecule has 0 saturated heterocycles. The minimum absolute atomic E-state index is 0.0520. The van der Waals surface area contributed by atoms with Crippen LogP contribution < -0.4 is 5.56 Å². The van der Waals surface area contributed by atoms with Gasteiger partial charge in [-0.3, -0.25) is 14.2 Å². The standard InChI is InChI=1S/C25H32N2O3S2/c1-30-7-6-27-23(29)21-18-4-2-3-5-19(18)32-22(21)26-24(27)31-14-20(28)25-11-15-8-16(12-25)10-17(9-15)13-25/h15-17H,2-14H2,1H3. The molecule has 4 bridgehead atoms. The topological polar surface area (TPSA) is 61.2 Å². The van der Waals surface area contributed by atoms with Crippen LogP contribution in [0, 0.1) is 23.2 Å². The lowest BCUT2D eigenvalue weighted by Gasteiger charge is -2.56. The van der Waals surface area contributed by atoms with Gasteiger partial charge in [-0.05, 0) is 87.5 Å². The molecule has 5 aliphatic carbocycles. The molecule has 2 aromatic rings. The Morgan fingerprint density at radius 2 is 1.84 bits per heavy atom. The normalized spacial score (nSPS) is 30.7. The Bertz CT molecular complexity index is 1080. The summed E-state index contributed by atoms with van der Waals surface area (Å²) in [7, 11) is 1.66. The number of thiophene rings is 1. The molecule has 0 aromatic carbocycles. The van der Waals surface area contributed by atoms with Crippen molar-refractivity contribution in [1.29, 1.82) is 0 Å². The third-order valence-corrected chi connectivity index (χ3v) is 10.7. The van der Waals surface area contributed by atoms with Crippen LogP contribution in [0.3, 0.4) is 0 Å². The van der Waals surface area contributed by atoms with Crippen molar-refractivity contribution in [2.45, 2.75) is 75.9 Å². The molecule has 0 aliphatic heterocycles. The first kappa shape index (κ1) is 21.4. The van der Waals surface area contributed by atoms with Crippen molar-refractivity contribution in [2.24, 2.45) is 23.2 Å². The number of thioether (sulfide) groups is 1. The summed E-state index contributed by atoms with van der Waals surface area (Å²) < 4.78 is 7.06. The molecule has 7 rings (SSSR count). The van der Waals surface area contributed by atoms with Gasteiger partial charge in [-0.1, -0.05) is 11.8 Å². The molecule has 5 aliphatic rings. The number of ketones is 1. The molecule has 0 N–H and O–H groups in total. The summed E-state index contributed by atoms with van der Waals surface area (Å²) in [6, 6.07) is 0. The predicted molar refractivity (Wildman–Crippen MR) is 129 cm³/mol. The SMILES string of the molecule is COCCn1c(SCC(=O)C23CC4CC(CC(C4)C2)C3)nc2sc3c(c2c1=O)CCCC3. The predicted octanol–water partition coefficient (Wildman–Crippen LogP) is 4.86. The molecule has 0 spiro atoms. The number of ether oxygens (including phenoxy) is 1. The molecule has 5 nitrogen and oxygen atoms in total. The van der Waals surface area contributed by atoms with Crippen molar-refractivity contribution in [1.82, 2.24) is 9.55 Å². The fourth-order valence-corrected chi connectivity index (χ4v) is 9.81. The second kappa shape index (κ2) is 8.24. The van der Waals surface area contributed by atoms with E-state index in [4.69, 9.17) is 9.72 Å². The fourth-order valence-electron chi connectivity index (χ4n) is 7.45. The van der Waals surface area contributed by atoms with Crippen molar-refractivity contribution < 1.29 is 9.53 Å². The number of hydrogen-bond donors (Lipinski definition) is 0. The maximum absolute atomic E-state index is 13.5. The van der Waals surface area contributed by atoms with E-state index in [1.54, 1.807) is 23.0 Å². The van der Waals surface area contributed by atoms with Gasteiger partial charge in [0.05, 0.1) is 24.3 Å². The summed E-state index contributed by atoms with van der Waals surface area (Å²) in [5.41, 5.74) is 1.18. The van der Waals surface area contributed by atoms with Crippen molar-refractivity contribution >= 4 is 39.1 Å². The molecule has 172 valence electrons. The summed E-state index contributed by atoms with van der Waals surface area (Å²) in [6.07, 6.45) is 11.7. The Labute approximate surface area is 197 Å². The number of aryl methyl sites for hydroxylation is 2. The summed E-state index contributed by atoms with van der Waals surface area (Å²) in [5, 5.41) is 1.51. The van der Waals surface area contributed by atoms with Gasteiger partial charge in [-0.25, -0.2) is 4.98 Å². The number of fused-ring (bicyclic) bond motifs is 3. The van der Waals surface area contributed by atoms with Crippen LogP contribution in [0.1, 0.15) is 61.8 Å². The molecule has 32 heavy (non-hydrogen) atoms. The second-order valence-electron chi connectivity index (χ2n) is 10.6. The van der Waals surface area contributed by atoms with Crippen LogP contribution in [0.15, 0.2) is 9.95 Å². The highest BCUT2D eigenvalue weighted by molar-refractivity contribution is 7.99. The van der Waals surface area contributed by atoms with Crippen LogP contribution in [0.4, 0.5) is 0 Å². The quantitative estimate of drug-likeness (QED) is 0.425. The van der Waals surface area contributed by atoms with Gasteiger partial charge in [0.2, 0.25) is 0 Å². The smallest absolute Gasteiger partial charge is 0.263 e. The van der Waals surface area contributed by atoms with Gasteiger partial charge in [0.25, 0.3) is 5.56 Å². The average molecular weight is 473 g/mol. The maximum atomic E-state index is 13.5. The highest BCUT2D eigenvalue weighted by Crippen LogP contribution is 2.60. The highest BCUT2D eigenvalue weighted by atomic mass is 32.2. The van der Waals surface area contributed by atoms with Crippen molar-refractivity contribution in [3.05, 3.63) is 20.8 Å². The van der Waals surface area contributed by atoms with E-state index in [0.717, 1.165) is 66.5 Å². The zero-order valence-corrected chi connectivity index (χ0v) is 20.5. The number of aromatic nitrogens is 2. The van der Waals surface area contributed by atoms with E-state index in [1.165, 1.54) is 47.9 Å². The number of nitrogens with zero attached hydrogens (tertiary/aromatic N) is 2. The average Bonchev–Trinajstić information content (AvgIpc) is 3.14. The van der Waals surface area contributed by atoms with Gasteiger partial charge in [0.15, 0.2) is 5.16 Å². The summed E-state index contributed by atoms with van der Waals surface area (Å²) >= 11 is 3.17. The highest BCUT2D eigenvalue weighted by Gasteiger charge is 2.54. The fraction of sp³-hybridized carbons (Fsp3) is 0.720. The molecular weight excluding hydrogens is 440 g/mol. The van der Waals surface area contributed by atoms with Crippen LogP contribution >= 0.6 is 23.1 Å². The van der Waals surface area contributed by atoms with E-state index in [9.17, 15) is 9.59 Å². The van der Waals surface area contributed by atoms with Crippen LogP contribution in [-0.4, -0.2) is 34.8 Å². The van der Waals surface area contributed by atoms with Gasteiger partial charge in [0, 0.05) is 17.4 Å². The molecule has 0 amide bonds. The van der Waals surface area contributed by atoms with Crippen LogP contribution in [0.2, 0.25) is 0 Å². The third kappa shape index (κ3) is 3.50. The van der Waals surface area contributed by atoms with Gasteiger partial charge in [-0.2, -0.15) is 0 Å². The van der Waals surface area contributed by atoms with Crippen LogP contribution in [-0.2, 0) is 28.9 Å². The minimum atomic E-state index is -0.0917. The number of hydrogen-bond acceptors (Lipinski definition) is 6. The molecule has 0 radical (unpaired) electrons. The second-order valence-corrected chi connectivity index (χ2v) is 12.7. The number of rotatable bonds is 7. The van der Waals surface area contributed by atoms with E-state index >= 15 is 0 Å². The van der Waals surface area contributed by atoms with Crippen LogP contribution in [0.25, 0.3) is 10.2 Å². The van der Waals surface area contributed by atoms with E-state index < -0.39 is 0 Å². The lowest BCUT2D eigenvalue weighted by atomic mass is 9.48. The lowest BCUT2D eigenvalue weighted by molar-refractivity contribution is -0.141. The molecule has 4 saturated carbocycles. The molecule has 4 fully saturated rings. The Hall–Kier alpha value is -1.18. The van der Waals surface area contributed by atoms with Gasteiger partial charge >= 0.3 is 0 Å². The molecule has 7 heteroatoms. The van der Waals surface area contributed by atoms with E-state index in [1.807, 2.05) is 0 Å². The first-order chi connectivity index (χ1) is 15.6. The Kier molecular flexibility index (Phi) is 5.50. The van der Waals surface area contributed by atoms with E-state index in [-0.39, 0.29) is 11.0 Å². The Balaban J connectivity index is 1.30. The lowest BCUT2D eigenvalue weighted by Crippen LogP contribution is -2.50. The van der Waals surface area contributed by atoms with Crippen molar-refractivity contribution in [3.63, 3.8) is 0 Å². The summed E-state index contributed by atoms with van der Waals surface area (Å²) in [5.74, 6) is 3.13. The van der Waals surface area contributed by atoms with Gasteiger partial charge < -0.3 is 4.74 Å². The molecule has 0 unspecified atom stereocenters. The van der Waals surface area contributed by atoms with E-state index in [0.29, 0.717) is 29.8 Å². The minimum Gasteiger partial charge on any atom is -0.383 e. The maximum Gasteiger partial charge on any atom is 0.263 e. The zero-order valence-electron chi connectivity index (χ0n) is 18.9. The van der Waals surface area contributed by atoms with Crippen molar-refractivity contribution in [3.8, 4) is 0 Å². The summed E-state index contributed by atoms with van der Waals surface area (Å²) in [4.78, 5) is 34.2. The largest absolute Gasteiger partial charge is 0.383 e. The van der Waals surface area contributed by atoms with Crippen molar-refractivity contribution in [2.75, 3.05) is 19.5 Å². The molecule has 0 atom stereocenters. The number of methoxy groups -OCH3 is 1. The van der Waals surface area contributed by atoms with Gasteiger partial charge in [0.1, 0.15) is 10.6 Å². The third-order valence-electron chi connectivity index (χ3n) is 8.52. The molecule has 2 heterocycles. The first-order valence-electron chi connectivity index (χ1n) is 12.3. The number of carbonyl (C=O) groups is 1. The van der Waals surface area contributed by atoms with Gasteiger partial charge in [-0.15, -0.1) is 11.3 Å². The van der Waals surface area contributed by atoms with Crippen LogP contribution in [0.5, 0.6) is 0 Å². The summed E-state index contributed by atoms with van der Waals surface area (Å²) in [6.45, 7) is 0.951. The molecule has 2 aromatic heterocycles. The monoisotopic (exact) mass is 472 g/mol. The molecular formula is C25H32N2O3S2. The Morgan fingerprint density at radius 3 is 2.53 bits per heavy atom. The Morgan fingerprint density at radius 1 is 1.16 bits per heavy atom. The number of carbonyl (C=O) groups excluding carboxylic acids is 1. The zero-order chi connectivity index (χ0) is 21.9. The first-order valence-corrected chi connectivity index (χ1v) is 14.1. The van der Waals surface area contributed by atoms with E-state index in [2.05, 4.69) is 0 Å². The number of Topliss-reactive ketones (excluding diaryl/α,β-unsaturated/α-hetero) is 1.